The SMILES string of the molecule is CCCOc1c(Cl)cc(/C=N/NC(=O)Cc2ccc(C)cc2C)cc1OCC. The van der Waals surface area contributed by atoms with Crippen LogP contribution in [-0.4, -0.2) is 25.3 Å². The van der Waals surface area contributed by atoms with Crippen LogP contribution < -0.4 is 14.9 Å². The first-order valence-electron chi connectivity index (χ1n) is 9.41. The number of nitrogens with zero attached hydrogens (tertiary/aromatic N) is 1. The number of benzene rings is 2. The molecule has 0 aliphatic rings. The molecular weight excluding hydrogens is 376 g/mol. The molecule has 150 valence electrons. The van der Waals surface area contributed by atoms with Gasteiger partial charge in [0, 0.05) is 0 Å². The topological polar surface area (TPSA) is 59.9 Å². The third-order valence-electron chi connectivity index (χ3n) is 4.03. The van der Waals surface area contributed by atoms with E-state index in [9.17, 15) is 4.79 Å². The second-order valence-corrected chi connectivity index (χ2v) is 6.92. The van der Waals surface area contributed by atoms with Gasteiger partial charge in [0.25, 0.3) is 0 Å². The number of nitrogens with one attached hydrogen (secondary N) is 1. The van der Waals surface area contributed by atoms with Gasteiger partial charge in [-0.2, -0.15) is 5.10 Å². The summed E-state index contributed by atoms with van der Waals surface area (Å²) in [4.78, 5) is 12.2. The normalized spacial score (nSPS) is 10.9. The number of aryl methyl sites for hydroxylation is 2. The number of halogens is 1. The molecule has 0 spiro atoms. The Hall–Kier alpha value is -2.53. The molecule has 0 saturated carbocycles. The Morgan fingerprint density at radius 3 is 2.64 bits per heavy atom. The maximum absolute atomic E-state index is 12.2. The molecule has 1 amide bonds. The van der Waals surface area contributed by atoms with Crippen molar-refractivity contribution in [2.75, 3.05) is 13.2 Å². The summed E-state index contributed by atoms with van der Waals surface area (Å²) in [7, 11) is 0. The van der Waals surface area contributed by atoms with Crippen molar-refractivity contribution >= 4 is 23.7 Å². The van der Waals surface area contributed by atoms with E-state index in [1.54, 1.807) is 12.1 Å². The van der Waals surface area contributed by atoms with Gasteiger partial charge in [-0.1, -0.05) is 42.3 Å². The van der Waals surface area contributed by atoms with Crippen LogP contribution in [0.4, 0.5) is 0 Å². The fourth-order valence-corrected chi connectivity index (χ4v) is 2.98. The van der Waals surface area contributed by atoms with Crippen LogP contribution in [0.2, 0.25) is 5.02 Å². The summed E-state index contributed by atoms with van der Waals surface area (Å²) in [5.41, 5.74) is 6.52. The Balaban J connectivity index is 2.05. The fraction of sp³-hybridized carbons (Fsp3) is 0.364. The number of rotatable bonds is 9. The zero-order chi connectivity index (χ0) is 20.5. The van der Waals surface area contributed by atoms with Gasteiger partial charge < -0.3 is 9.47 Å². The average molecular weight is 403 g/mol. The van der Waals surface area contributed by atoms with Gasteiger partial charge in [-0.25, -0.2) is 5.43 Å². The van der Waals surface area contributed by atoms with Crippen LogP contribution in [0.25, 0.3) is 0 Å². The molecule has 0 aliphatic carbocycles. The molecule has 2 aromatic rings. The largest absolute Gasteiger partial charge is 0.490 e. The predicted molar refractivity (Wildman–Crippen MR) is 114 cm³/mol. The fourth-order valence-electron chi connectivity index (χ4n) is 2.71. The molecule has 6 heteroatoms. The molecule has 0 aromatic heterocycles. The number of carbonyl (C=O) groups excluding carboxylic acids is 1. The number of hydrazone groups is 1. The Kier molecular flexibility index (Phi) is 8.33. The third-order valence-corrected chi connectivity index (χ3v) is 4.31. The average Bonchev–Trinajstić information content (AvgIpc) is 2.64. The van der Waals surface area contributed by atoms with Crippen LogP contribution in [0, 0.1) is 13.8 Å². The quantitative estimate of drug-likeness (QED) is 0.482. The van der Waals surface area contributed by atoms with Crippen LogP contribution in [0.1, 0.15) is 42.5 Å². The van der Waals surface area contributed by atoms with E-state index in [1.165, 1.54) is 11.8 Å². The van der Waals surface area contributed by atoms with Gasteiger partial charge in [0.05, 0.1) is 30.9 Å². The van der Waals surface area contributed by atoms with Crippen LogP contribution in [0.5, 0.6) is 11.5 Å². The summed E-state index contributed by atoms with van der Waals surface area (Å²) in [5, 5.41) is 4.49. The summed E-state index contributed by atoms with van der Waals surface area (Å²) in [6, 6.07) is 9.55. The third kappa shape index (κ3) is 6.27. The van der Waals surface area contributed by atoms with Crippen molar-refractivity contribution in [3.63, 3.8) is 0 Å². The molecule has 0 heterocycles. The van der Waals surface area contributed by atoms with Crippen molar-refractivity contribution in [3.8, 4) is 11.5 Å². The first-order chi connectivity index (χ1) is 13.4. The lowest BCUT2D eigenvalue weighted by Gasteiger charge is -2.13. The van der Waals surface area contributed by atoms with Crippen LogP contribution in [-0.2, 0) is 11.2 Å². The molecule has 5 nitrogen and oxygen atoms in total. The molecular formula is C22H27ClN2O3. The van der Waals surface area contributed by atoms with Gasteiger partial charge in [0.2, 0.25) is 5.91 Å². The number of hydrogen-bond acceptors (Lipinski definition) is 4. The van der Waals surface area contributed by atoms with E-state index in [1.807, 2.05) is 39.8 Å². The van der Waals surface area contributed by atoms with Crippen molar-refractivity contribution in [2.24, 2.45) is 5.10 Å². The highest BCUT2D eigenvalue weighted by molar-refractivity contribution is 6.32. The van der Waals surface area contributed by atoms with Gasteiger partial charge >= 0.3 is 0 Å². The first-order valence-corrected chi connectivity index (χ1v) is 9.79. The summed E-state index contributed by atoms with van der Waals surface area (Å²) in [6.45, 7) is 9.00. The second kappa shape index (κ2) is 10.7. The van der Waals surface area contributed by atoms with E-state index in [0.717, 1.165) is 17.5 Å². The molecule has 0 aliphatic heterocycles. The highest BCUT2D eigenvalue weighted by Gasteiger charge is 2.12. The molecule has 28 heavy (non-hydrogen) atoms. The van der Waals surface area contributed by atoms with E-state index < -0.39 is 0 Å². The van der Waals surface area contributed by atoms with Crippen molar-refractivity contribution in [3.05, 3.63) is 57.6 Å². The van der Waals surface area contributed by atoms with E-state index in [4.69, 9.17) is 21.1 Å². The van der Waals surface area contributed by atoms with Gasteiger partial charge in [-0.05, 0) is 56.0 Å². The van der Waals surface area contributed by atoms with Crippen molar-refractivity contribution in [1.29, 1.82) is 0 Å². The van der Waals surface area contributed by atoms with Crippen LogP contribution in [0.15, 0.2) is 35.4 Å². The molecule has 2 aromatic carbocycles. The van der Waals surface area contributed by atoms with Gasteiger partial charge in [-0.15, -0.1) is 0 Å². The second-order valence-electron chi connectivity index (χ2n) is 6.51. The van der Waals surface area contributed by atoms with Crippen LogP contribution >= 0.6 is 11.6 Å². The van der Waals surface area contributed by atoms with E-state index >= 15 is 0 Å². The summed E-state index contributed by atoms with van der Waals surface area (Å²) >= 11 is 6.33. The number of ether oxygens (including phenoxy) is 2. The Morgan fingerprint density at radius 2 is 1.96 bits per heavy atom. The molecule has 0 bridgehead atoms. The monoisotopic (exact) mass is 402 g/mol. The Bertz CT molecular complexity index is 850. The zero-order valence-corrected chi connectivity index (χ0v) is 17.6. The predicted octanol–water partition coefficient (Wildman–Crippen LogP) is 4.84. The maximum atomic E-state index is 12.2. The van der Waals surface area contributed by atoms with Gasteiger partial charge in [-0.3, -0.25) is 4.79 Å². The molecule has 0 saturated heterocycles. The molecule has 0 atom stereocenters. The molecule has 0 radical (unpaired) electrons. The lowest BCUT2D eigenvalue weighted by atomic mass is 10.0. The number of amides is 1. The zero-order valence-electron chi connectivity index (χ0n) is 16.8. The number of carbonyl (C=O) groups is 1. The molecule has 2 rings (SSSR count). The molecule has 0 unspecified atom stereocenters. The minimum atomic E-state index is -0.178. The van der Waals surface area contributed by atoms with Crippen molar-refractivity contribution in [2.45, 2.75) is 40.5 Å². The van der Waals surface area contributed by atoms with E-state index in [0.29, 0.717) is 35.3 Å². The lowest BCUT2D eigenvalue weighted by molar-refractivity contribution is -0.120. The first kappa shape index (κ1) is 21.8. The highest BCUT2D eigenvalue weighted by Crippen LogP contribution is 2.36. The Morgan fingerprint density at radius 1 is 1.18 bits per heavy atom. The highest BCUT2D eigenvalue weighted by atomic mass is 35.5. The smallest absolute Gasteiger partial charge is 0.244 e. The van der Waals surface area contributed by atoms with E-state index in [-0.39, 0.29) is 12.3 Å². The van der Waals surface area contributed by atoms with Crippen molar-refractivity contribution in [1.82, 2.24) is 5.43 Å². The molecule has 1 N–H and O–H groups in total. The van der Waals surface area contributed by atoms with Crippen molar-refractivity contribution < 1.29 is 14.3 Å². The minimum absolute atomic E-state index is 0.178. The standard InChI is InChI=1S/C22H27ClN2O3/c1-5-9-28-22-19(23)11-17(12-20(22)27-6-2)14-24-25-21(26)13-18-8-7-15(3)10-16(18)4/h7-8,10-12,14H,5-6,9,13H2,1-4H3,(H,25,26)/b24-14+. The summed E-state index contributed by atoms with van der Waals surface area (Å²) in [5.74, 6) is 0.912. The van der Waals surface area contributed by atoms with Gasteiger partial charge in [0.15, 0.2) is 11.5 Å². The minimum Gasteiger partial charge on any atom is -0.490 e. The molecule has 0 fully saturated rings. The summed E-state index contributed by atoms with van der Waals surface area (Å²) in [6.07, 6.45) is 2.69. The van der Waals surface area contributed by atoms with Gasteiger partial charge in [0.1, 0.15) is 0 Å². The Labute approximate surface area is 171 Å². The number of hydrogen-bond donors (Lipinski definition) is 1. The summed E-state index contributed by atoms with van der Waals surface area (Å²) < 4.78 is 11.3. The maximum Gasteiger partial charge on any atom is 0.244 e. The lowest BCUT2D eigenvalue weighted by Crippen LogP contribution is -2.20. The van der Waals surface area contributed by atoms with E-state index in [2.05, 4.69) is 16.6 Å². The van der Waals surface area contributed by atoms with Crippen LogP contribution in [0.3, 0.4) is 0 Å².